The Morgan fingerprint density at radius 2 is 1.10 bits per heavy atom. The summed E-state index contributed by atoms with van der Waals surface area (Å²) in [7, 11) is 1.65. The molecule has 5 atom stereocenters. The van der Waals surface area contributed by atoms with Gasteiger partial charge in [-0.3, -0.25) is 48.1 Å². The molecule has 73 heavy (non-hydrogen) atoms. The Morgan fingerprint density at radius 3 is 1.56 bits per heavy atom. The summed E-state index contributed by atoms with van der Waals surface area (Å²) in [6, 6.07) is 13.4. The first-order chi connectivity index (χ1) is 34.8. The number of nitrogens with zero attached hydrogens (tertiary/aromatic N) is 5. The van der Waals surface area contributed by atoms with Gasteiger partial charge in [0, 0.05) is 92.1 Å². The second kappa shape index (κ2) is 32.5. The molecule has 1 aliphatic heterocycles. The fraction of sp³-hybridized carbons (Fsp3) is 0.562. The molecule has 25 heteroatoms. The minimum absolute atomic E-state index is 0.0326. The van der Waals surface area contributed by atoms with Gasteiger partial charge in [0.1, 0.15) is 24.2 Å². The lowest BCUT2D eigenvalue weighted by atomic mass is 10.0. The minimum atomic E-state index is -3.13. The van der Waals surface area contributed by atoms with Crippen LogP contribution in [0.15, 0.2) is 70.6 Å². The Bertz CT molecular complexity index is 2190. The Balaban J connectivity index is 1.63. The first kappa shape index (κ1) is 60.7. The molecular weight excluding hydrogens is 962 g/mol. The van der Waals surface area contributed by atoms with Crippen molar-refractivity contribution < 1.29 is 42.7 Å². The Hall–Kier alpha value is -6.62. The molecule has 3 rings (SSSR count). The lowest BCUT2D eigenvalue weighted by Gasteiger charge is -2.39. The van der Waals surface area contributed by atoms with E-state index in [1.54, 1.807) is 76.9 Å². The average Bonchev–Trinajstić information content (AvgIpc) is 3.36. The molecule has 1 aliphatic rings. The molecule has 2 aromatic rings. The van der Waals surface area contributed by atoms with Crippen LogP contribution in [0.25, 0.3) is 0 Å². The number of guanidine groups is 2. The van der Waals surface area contributed by atoms with Crippen LogP contribution in [0.4, 0.5) is 0 Å². The number of hydrogen-bond acceptors (Lipinski definition) is 11. The predicted molar refractivity (Wildman–Crippen MR) is 279 cm³/mol. The highest BCUT2D eigenvalue weighted by molar-refractivity contribution is 7.53. The number of amides is 7. The molecule has 2 aromatic carbocycles. The normalized spacial score (nSPS) is 15.0. The van der Waals surface area contributed by atoms with Gasteiger partial charge < -0.3 is 64.3 Å². The first-order valence-corrected chi connectivity index (χ1v) is 26.1. The van der Waals surface area contributed by atoms with Gasteiger partial charge in [0.05, 0.1) is 0 Å². The molecule has 24 nitrogen and oxygen atoms in total. The third kappa shape index (κ3) is 22.8. The summed E-state index contributed by atoms with van der Waals surface area (Å²) >= 11 is 0. The van der Waals surface area contributed by atoms with Crippen LogP contribution >= 0.6 is 7.67 Å². The van der Waals surface area contributed by atoms with Crippen molar-refractivity contribution >= 4 is 60.9 Å². The SMILES string of the molecule is COP(=O)(N(C)C)N1CCN(C(=O)CCNC(=O)CCCCCNC(=O)C(CCCN=C(N)N)NC(=O)C(Cc2ccccc2)NC(=O)C(Cc2ccccc2)NC(=O)C(CCCN=C(N)N)NC(C)=O)CC1. The maximum Gasteiger partial charge on any atom is 0.345 e. The molecule has 404 valence electrons. The zero-order valence-electron chi connectivity index (χ0n) is 42.7. The maximum atomic E-state index is 14.3. The quantitative estimate of drug-likeness (QED) is 0.0185. The van der Waals surface area contributed by atoms with E-state index in [0.29, 0.717) is 69.4 Å². The second-order valence-electron chi connectivity index (χ2n) is 17.8. The van der Waals surface area contributed by atoms with E-state index < -0.39 is 61.4 Å². The summed E-state index contributed by atoms with van der Waals surface area (Å²) in [4.78, 5) is 103. The molecule has 5 unspecified atom stereocenters. The first-order valence-electron chi connectivity index (χ1n) is 24.6. The van der Waals surface area contributed by atoms with Crippen LogP contribution in [0.2, 0.25) is 0 Å². The molecule has 1 saturated heterocycles. The fourth-order valence-electron chi connectivity index (χ4n) is 7.93. The number of carbonyl (C=O) groups is 7. The molecule has 0 aliphatic carbocycles. The molecule has 0 bridgehead atoms. The second-order valence-corrected chi connectivity index (χ2v) is 20.5. The molecule has 0 aromatic heterocycles. The molecule has 14 N–H and O–H groups in total. The summed E-state index contributed by atoms with van der Waals surface area (Å²) in [6.07, 6.45) is 3.07. The van der Waals surface area contributed by atoms with Gasteiger partial charge in [0.15, 0.2) is 11.9 Å². The van der Waals surface area contributed by atoms with Crippen molar-refractivity contribution in [3.63, 3.8) is 0 Å². The highest BCUT2D eigenvalue weighted by Crippen LogP contribution is 2.51. The predicted octanol–water partition coefficient (Wildman–Crippen LogP) is -0.819. The van der Waals surface area contributed by atoms with E-state index in [0.717, 1.165) is 0 Å². The zero-order chi connectivity index (χ0) is 53.8. The van der Waals surface area contributed by atoms with Gasteiger partial charge in [-0.2, -0.15) is 0 Å². The van der Waals surface area contributed by atoms with Crippen molar-refractivity contribution in [3.05, 3.63) is 71.8 Å². The van der Waals surface area contributed by atoms with Crippen molar-refractivity contribution in [2.75, 3.05) is 73.6 Å². The molecule has 1 heterocycles. The van der Waals surface area contributed by atoms with Crippen LogP contribution in [0.5, 0.6) is 0 Å². The smallest absolute Gasteiger partial charge is 0.345 e. The van der Waals surface area contributed by atoms with Gasteiger partial charge in [-0.15, -0.1) is 0 Å². The third-order valence-corrected chi connectivity index (χ3v) is 14.4. The minimum Gasteiger partial charge on any atom is -0.370 e. The van der Waals surface area contributed by atoms with E-state index in [2.05, 4.69) is 41.9 Å². The molecule has 0 saturated carbocycles. The van der Waals surface area contributed by atoms with Crippen molar-refractivity contribution in [3.8, 4) is 0 Å². The van der Waals surface area contributed by atoms with Gasteiger partial charge in [-0.1, -0.05) is 67.1 Å². The van der Waals surface area contributed by atoms with Crippen LogP contribution in [0.1, 0.15) is 75.8 Å². The number of benzene rings is 2. The standard InChI is InChI=1S/C48H78N15O9P/c1-34(64)57-38(21-15-26-56-48(51)52)44(68)59-40(33-36-18-10-6-11-19-36)46(70)60-39(32-35-16-8-5-9-17-35)45(69)58-37(20-14-25-55-47(49)50)43(67)54-24-13-7-12-22-41(65)53-27-23-42(66)62-28-30-63(31-29-62)73(71,72-4)61(2)3/h5-6,8-11,16-19,37-40H,7,12-15,20-33H2,1-4H3,(H,53,65)(H,54,67)(H,57,64)(H,58,69)(H,59,68)(H,60,70)(H4,49,50,55)(H4,51,52,56). The largest absolute Gasteiger partial charge is 0.370 e. The fourth-order valence-corrected chi connectivity index (χ4v) is 9.68. The lowest BCUT2D eigenvalue weighted by molar-refractivity contribution is -0.134. The van der Waals surface area contributed by atoms with E-state index in [1.165, 1.54) is 14.0 Å². The third-order valence-electron chi connectivity index (χ3n) is 11.8. The maximum absolute atomic E-state index is 14.3. The van der Waals surface area contributed by atoms with E-state index in [9.17, 15) is 38.1 Å². The monoisotopic (exact) mass is 1040 g/mol. The zero-order valence-corrected chi connectivity index (χ0v) is 43.6. The Labute approximate surface area is 428 Å². The van der Waals surface area contributed by atoms with Crippen LogP contribution in [0.3, 0.4) is 0 Å². The molecule has 0 spiro atoms. The van der Waals surface area contributed by atoms with Gasteiger partial charge in [0.2, 0.25) is 41.4 Å². The van der Waals surface area contributed by atoms with Crippen molar-refractivity contribution in [1.29, 1.82) is 0 Å². The number of unbranched alkanes of at least 4 members (excludes halogenated alkanes) is 2. The van der Waals surface area contributed by atoms with Gasteiger partial charge in [0.25, 0.3) is 0 Å². The molecule has 1 fully saturated rings. The van der Waals surface area contributed by atoms with Crippen LogP contribution in [0, 0.1) is 0 Å². The lowest BCUT2D eigenvalue weighted by Crippen LogP contribution is -2.59. The number of nitrogens with one attached hydrogen (secondary N) is 6. The van der Waals surface area contributed by atoms with Gasteiger partial charge >= 0.3 is 7.67 Å². The van der Waals surface area contributed by atoms with E-state index in [4.69, 9.17) is 27.5 Å². The highest BCUT2D eigenvalue weighted by Gasteiger charge is 2.37. The van der Waals surface area contributed by atoms with Gasteiger partial charge in [-0.25, -0.2) is 9.34 Å². The van der Waals surface area contributed by atoms with Crippen LogP contribution < -0.4 is 54.8 Å². The van der Waals surface area contributed by atoms with Crippen molar-refractivity contribution in [2.24, 2.45) is 32.9 Å². The molecule has 7 amide bonds. The molecular formula is C48H78N15O9P. The summed E-state index contributed by atoms with van der Waals surface area (Å²) in [5.74, 6) is -3.46. The Morgan fingerprint density at radius 1 is 0.616 bits per heavy atom. The van der Waals surface area contributed by atoms with Crippen LogP contribution in [-0.4, -0.2) is 165 Å². The number of hydrogen-bond donors (Lipinski definition) is 10. The number of aliphatic imine (C=N–C) groups is 2. The van der Waals surface area contributed by atoms with Gasteiger partial charge in [-0.05, 0) is 63.7 Å². The van der Waals surface area contributed by atoms with E-state index >= 15 is 0 Å². The number of piperazine rings is 1. The number of nitrogens with two attached hydrogens (primary N) is 4. The van der Waals surface area contributed by atoms with Crippen LogP contribution in [-0.2, 0) is 55.5 Å². The number of rotatable bonds is 32. The number of carbonyl (C=O) groups excluding carboxylic acids is 7. The summed E-state index contributed by atoms with van der Waals surface area (Å²) in [6.45, 7) is 3.70. The van der Waals surface area contributed by atoms with Crippen molar-refractivity contribution in [2.45, 2.75) is 102 Å². The summed E-state index contributed by atoms with van der Waals surface area (Å²) < 4.78 is 21.7. The molecule has 0 radical (unpaired) electrons. The van der Waals surface area contributed by atoms with E-state index in [-0.39, 0.29) is 88.4 Å². The topological polar surface area (TPSA) is 356 Å². The summed E-state index contributed by atoms with van der Waals surface area (Å²) in [5.41, 5.74) is 23.4. The Kier molecular flexibility index (Phi) is 27.0. The van der Waals surface area contributed by atoms with E-state index in [1.807, 2.05) is 12.1 Å². The van der Waals surface area contributed by atoms with Crippen molar-refractivity contribution in [1.82, 2.24) is 46.1 Å². The highest BCUT2D eigenvalue weighted by atomic mass is 31.2. The average molecular weight is 1040 g/mol. The summed E-state index contributed by atoms with van der Waals surface area (Å²) in [5, 5.41) is 16.7.